The van der Waals surface area contributed by atoms with E-state index in [4.69, 9.17) is 23.8 Å². The molecule has 132 valence electrons. The van der Waals surface area contributed by atoms with Gasteiger partial charge in [-0.15, -0.1) is 0 Å². The van der Waals surface area contributed by atoms with Crippen LogP contribution in [0.5, 0.6) is 0 Å². The third kappa shape index (κ3) is 6.94. The van der Waals surface area contributed by atoms with E-state index in [0.29, 0.717) is 17.2 Å². The molecule has 0 bridgehead atoms. The van der Waals surface area contributed by atoms with Crippen LogP contribution in [-0.2, 0) is 12.2 Å². The smallest absolute Gasteiger partial charge is 0.269 e. The van der Waals surface area contributed by atoms with Crippen LogP contribution in [-0.4, -0.2) is 23.8 Å². The minimum Gasteiger partial charge on any atom is -0.361 e. The van der Waals surface area contributed by atoms with E-state index in [1.165, 1.54) is 5.56 Å². The molecule has 0 aliphatic carbocycles. The van der Waals surface area contributed by atoms with Crippen molar-refractivity contribution in [2.75, 3.05) is 12.8 Å². The Morgan fingerprint density at radius 1 is 1.04 bits per heavy atom. The number of carbonyl (C=O) groups excluding carboxylic acids is 1. The fourth-order valence-corrected chi connectivity index (χ4v) is 2.93. The van der Waals surface area contributed by atoms with Crippen LogP contribution < -0.4 is 16.2 Å². The van der Waals surface area contributed by atoms with Crippen LogP contribution in [0.3, 0.4) is 0 Å². The van der Waals surface area contributed by atoms with E-state index in [0.717, 1.165) is 22.8 Å². The van der Waals surface area contributed by atoms with Gasteiger partial charge in [-0.1, -0.05) is 35.9 Å². The summed E-state index contributed by atoms with van der Waals surface area (Å²) in [5.74, 6) is 0.708. The monoisotopic (exact) mass is 393 g/mol. The van der Waals surface area contributed by atoms with Gasteiger partial charge in [0, 0.05) is 22.9 Å². The summed E-state index contributed by atoms with van der Waals surface area (Å²) in [5, 5.41) is 4.14. The Balaban J connectivity index is 1.70. The molecule has 3 N–H and O–H groups in total. The molecular formula is C18H20ClN3OS2. The van der Waals surface area contributed by atoms with E-state index in [-0.39, 0.29) is 5.91 Å². The summed E-state index contributed by atoms with van der Waals surface area (Å²) in [6.07, 6.45) is 2.86. The standard InChI is InChI=1S/C18H20ClN3OS2/c1-25-12-14-2-6-15(7-3-14)17(23)21-22-18(24)20-11-10-13-4-8-16(19)9-5-13/h2-9H,10-12H2,1H3,(H,21,23)(H2,20,22,24). The molecular weight excluding hydrogens is 374 g/mol. The van der Waals surface area contributed by atoms with Crippen LogP contribution >= 0.6 is 35.6 Å². The molecule has 7 heteroatoms. The molecule has 1 amide bonds. The number of nitrogens with one attached hydrogen (secondary N) is 3. The van der Waals surface area contributed by atoms with Gasteiger partial charge in [0.25, 0.3) is 5.91 Å². The third-order valence-corrected chi connectivity index (χ3v) is 4.55. The first-order valence-corrected chi connectivity index (χ1v) is 9.93. The second-order valence-corrected chi connectivity index (χ2v) is 7.05. The molecule has 0 saturated carbocycles. The minimum absolute atomic E-state index is 0.224. The summed E-state index contributed by atoms with van der Waals surface area (Å²) >= 11 is 12.8. The highest BCUT2D eigenvalue weighted by molar-refractivity contribution is 7.97. The zero-order valence-corrected chi connectivity index (χ0v) is 16.2. The average Bonchev–Trinajstić information content (AvgIpc) is 2.62. The summed E-state index contributed by atoms with van der Waals surface area (Å²) in [6, 6.07) is 15.2. The van der Waals surface area contributed by atoms with Crippen LogP contribution in [0.2, 0.25) is 5.02 Å². The summed E-state index contributed by atoms with van der Waals surface area (Å²) in [7, 11) is 0. The molecule has 2 aromatic rings. The van der Waals surface area contributed by atoms with Crippen LogP contribution in [0.25, 0.3) is 0 Å². The number of carbonyl (C=O) groups is 1. The molecule has 4 nitrogen and oxygen atoms in total. The fraction of sp³-hybridized carbons (Fsp3) is 0.222. The molecule has 0 aromatic heterocycles. The van der Waals surface area contributed by atoms with E-state index in [1.807, 2.05) is 42.7 Å². The zero-order valence-electron chi connectivity index (χ0n) is 13.8. The van der Waals surface area contributed by atoms with Crippen LogP contribution in [0.4, 0.5) is 0 Å². The number of hydrazine groups is 1. The van der Waals surface area contributed by atoms with Gasteiger partial charge in [-0.2, -0.15) is 11.8 Å². The van der Waals surface area contributed by atoms with E-state index in [9.17, 15) is 4.79 Å². The quantitative estimate of drug-likeness (QED) is 0.517. The molecule has 0 spiro atoms. The summed E-state index contributed by atoms with van der Waals surface area (Å²) in [5.41, 5.74) is 8.24. The zero-order chi connectivity index (χ0) is 18.1. The van der Waals surface area contributed by atoms with Crippen molar-refractivity contribution in [3.63, 3.8) is 0 Å². The molecule has 0 unspecified atom stereocenters. The Morgan fingerprint density at radius 2 is 1.68 bits per heavy atom. The van der Waals surface area contributed by atoms with E-state index in [2.05, 4.69) is 16.2 Å². The first kappa shape index (κ1) is 19.6. The van der Waals surface area contributed by atoms with Crippen molar-refractivity contribution < 1.29 is 4.79 Å². The molecule has 0 atom stereocenters. The molecule has 0 aliphatic heterocycles. The highest BCUT2D eigenvalue weighted by Gasteiger charge is 2.05. The number of thiocarbonyl (C=S) groups is 1. The third-order valence-electron chi connectivity index (χ3n) is 3.43. The van der Waals surface area contributed by atoms with Crippen LogP contribution in [0, 0.1) is 0 Å². The van der Waals surface area contributed by atoms with Crippen molar-refractivity contribution in [3.05, 3.63) is 70.2 Å². The predicted molar refractivity (Wildman–Crippen MR) is 110 cm³/mol. The number of hydrogen-bond donors (Lipinski definition) is 3. The summed E-state index contributed by atoms with van der Waals surface area (Å²) in [4.78, 5) is 12.1. The highest BCUT2D eigenvalue weighted by Crippen LogP contribution is 2.10. The topological polar surface area (TPSA) is 53.2 Å². The number of amides is 1. The molecule has 2 rings (SSSR count). The maximum atomic E-state index is 12.1. The lowest BCUT2D eigenvalue weighted by molar-refractivity contribution is 0.0943. The number of benzene rings is 2. The second-order valence-electron chi connectivity index (χ2n) is 5.34. The van der Waals surface area contributed by atoms with Crippen molar-refractivity contribution in [2.24, 2.45) is 0 Å². The lowest BCUT2D eigenvalue weighted by atomic mass is 10.1. The van der Waals surface area contributed by atoms with E-state index >= 15 is 0 Å². The molecule has 25 heavy (non-hydrogen) atoms. The van der Waals surface area contributed by atoms with Gasteiger partial charge in [-0.05, 0) is 60.3 Å². The molecule has 2 aromatic carbocycles. The lowest BCUT2D eigenvalue weighted by Gasteiger charge is -2.12. The van der Waals surface area contributed by atoms with Gasteiger partial charge in [0.2, 0.25) is 0 Å². The Kier molecular flexibility index (Phi) is 8.04. The SMILES string of the molecule is CSCc1ccc(C(=O)NNC(=S)NCCc2ccc(Cl)cc2)cc1. The van der Waals surface area contributed by atoms with Gasteiger partial charge in [-0.25, -0.2) is 0 Å². The summed E-state index contributed by atoms with van der Waals surface area (Å²) < 4.78 is 0. The number of thioether (sulfide) groups is 1. The Bertz CT molecular complexity index is 705. The van der Waals surface area contributed by atoms with Crippen molar-refractivity contribution in [3.8, 4) is 0 Å². The van der Waals surface area contributed by atoms with Gasteiger partial charge in [0.05, 0.1) is 0 Å². The fourth-order valence-electron chi connectivity index (χ4n) is 2.12. The summed E-state index contributed by atoms with van der Waals surface area (Å²) in [6.45, 7) is 0.659. The van der Waals surface area contributed by atoms with Crippen LogP contribution in [0.15, 0.2) is 48.5 Å². The van der Waals surface area contributed by atoms with Crippen molar-refractivity contribution in [1.29, 1.82) is 0 Å². The Hall–Kier alpha value is -1.76. The van der Waals surface area contributed by atoms with Gasteiger partial charge in [-0.3, -0.25) is 15.6 Å². The van der Waals surface area contributed by atoms with E-state index < -0.39 is 0 Å². The molecule has 0 heterocycles. The predicted octanol–water partition coefficient (Wildman–Crippen LogP) is 3.55. The molecule has 0 radical (unpaired) electrons. The highest BCUT2D eigenvalue weighted by atomic mass is 35.5. The average molecular weight is 394 g/mol. The first-order chi connectivity index (χ1) is 12.1. The normalized spacial score (nSPS) is 10.2. The Morgan fingerprint density at radius 3 is 2.32 bits per heavy atom. The number of halogens is 1. The molecule has 0 fully saturated rings. The second kappa shape index (κ2) is 10.3. The van der Waals surface area contributed by atoms with Crippen molar-refractivity contribution >= 4 is 46.6 Å². The van der Waals surface area contributed by atoms with Gasteiger partial charge >= 0.3 is 0 Å². The lowest BCUT2D eigenvalue weighted by Crippen LogP contribution is -2.47. The van der Waals surface area contributed by atoms with Crippen LogP contribution in [0.1, 0.15) is 21.5 Å². The number of hydrogen-bond acceptors (Lipinski definition) is 3. The Labute approximate surface area is 162 Å². The van der Waals surface area contributed by atoms with E-state index in [1.54, 1.807) is 23.9 Å². The largest absolute Gasteiger partial charge is 0.361 e. The van der Waals surface area contributed by atoms with Crippen molar-refractivity contribution in [1.82, 2.24) is 16.2 Å². The van der Waals surface area contributed by atoms with Gasteiger partial charge < -0.3 is 5.32 Å². The minimum atomic E-state index is -0.224. The van der Waals surface area contributed by atoms with Gasteiger partial charge in [0.1, 0.15) is 0 Å². The molecule has 0 saturated heterocycles. The maximum Gasteiger partial charge on any atom is 0.269 e. The number of rotatable bonds is 6. The van der Waals surface area contributed by atoms with Gasteiger partial charge in [0.15, 0.2) is 5.11 Å². The first-order valence-electron chi connectivity index (χ1n) is 7.75. The maximum absolute atomic E-state index is 12.1. The van der Waals surface area contributed by atoms with Crippen molar-refractivity contribution in [2.45, 2.75) is 12.2 Å². The molecule has 0 aliphatic rings.